The molecule has 2 N–H and O–H groups in total. The van der Waals surface area contributed by atoms with Gasteiger partial charge in [0.15, 0.2) is 5.65 Å². The molecular weight excluding hydrogens is 446 g/mol. The zero-order valence-corrected chi connectivity index (χ0v) is 19.4. The van der Waals surface area contributed by atoms with E-state index in [4.69, 9.17) is 15.5 Å². The summed E-state index contributed by atoms with van der Waals surface area (Å²) in [6, 6.07) is 5.94. The number of thiophene rings is 1. The van der Waals surface area contributed by atoms with Crippen molar-refractivity contribution in [3.8, 4) is 22.5 Å². The summed E-state index contributed by atoms with van der Waals surface area (Å²) in [7, 11) is 4.06. The highest BCUT2D eigenvalue weighted by molar-refractivity contribution is 7.87. The van der Waals surface area contributed by atoms with Crippen LogP contribution >= 0.6 is 11.3 Å². The van der Waals surface area contributed by atoms with Gasteiger partial charge in [-0.05, 0) is 18.2 Å². The zero-order valence-electron chi connectivity index (χ0n) is 17.8. The Balaban J connectivity index is 1.74. The summed E-state index contributed by atoms with van der Waals surface area (Å²) < 4.78 is 22.1. The van der Waals surface area contributed by atoms with Gasteiger partial charge in [0, 0.05) is 61.7 Å². The normalized spacial score (nSPS) is 12.7. The van der Waals surface area contributed by atoms with E-state index in [2.05, 4.69) is 15.2 Å². The first-order valence-electron chi connectivity index (χ1n) is 9.84. The van der Waals surface area contributed by atoms with Crippen LogP contribution in [0.3, 0.4) is 0 Å². The summed E-state index contributed by atoms with van der Waals surface area (Å²) >= 11 is 1.36. The summed E-state index contributed by atoms with van der Waals surface area (Å²) in [5.74, 6) is 0.378. The van der Waals surface area contributed by atoms with Crippen LogP contribution in [0.1, 0.15) is 0 Å². The molecule has 5 aromatic heterocycles. The number of methoxy groups -OCH3 is 1. The Hall–Kier alpha value is -3.15. The number of rotatable bonds is 6. The van der Waals surface area contributed by atoms with Crippen LogP contribution in [0, 0.1) is 0 Å². The highest BCUT2D eigenvalue weighted by Gasteiger charge is 2.22. The fourth-order valence-electron chi connectivity index (χ4n) is 3.68. The van der Waals surface area contributed by atoms with Crippen LogP contribution in [-0.4, -0.2) is 53.2 Å². The van der Waals surface area contributed by atoms with E-state index < -0.39 is 10.8 Å². The number of nitrogen functional groups attached to an aromatic ring is 1. The van der Waals surface area contributed by atoms with Crippen LogP contribution < -0.4 is 5.73 Å². The maximum absolute atomic E-state index is 12.9. The molecule has 0 unspecified atom stereocenters. The molecule has 164 valence electrons. The summed E-state index contributed by atoms with van der Waals surface area (Å²) in [6.45, 7) is 0.393. The van der Waals surface area contributed by atoms with Gasteiger partial charge >= 0.3 is 0 Å². The van der Waals surface area contributed by atoms with Crippen molar-refractivity contribution >= 4 is 49.1 Å². The highest BCUT2D eigenvalue weighted by Crippen LogP contribution is 2.42. The van der Waals surface area contributed by atoms with Crippen LogP contribution in [0.2, 0.25) is 0 Å². The Morgan fingerprint density at radius 1 is 1.28 bits per heavy atom. The second kappa shape index (κ2) is 8.08. The summed E-state index contributed by atoms with van der Waals surface area (Å²) in [5, 5.41) is 10.4. The Labute approximate surface area is 190 Å². The Morgan fingerprint density at radius 2 is 2.12 bits per heavy atom. The fourth-order valence-corrected chi connectivity index (χ4v) is 6.25. The monoisotopic (exact) mass is 467 g/mol. The zero-order chi connectivity index (χ0) is 22.4. The first-order valence-corrected chi connectivity index (χ1v) is 12.0. The smallest absolute Gasteiger partial charge is 0.181 e. The van der Waals surface area contributed by atoms with E-state index in [-0.39, 0.29) is 0 Å². The average Bonchev–Trinajstić information content (AvgIpc) is 3.46. The van der Waals surface area contributed by atoms with Crippen molar-refractivity contribution in [3.63, 3.8) is 0 Å². The topological polar surface area (TPSA) is 114 Å². The molecule has 0 saturated heterocycles. The van der Waals surface area contributed by atoms with Gasteiger partial charge in [-0.25, -0.2) is 9.97 Å². The number of nitrogens with zero attached hydrogens (tertiary/aromatic N) is 6. The summed E-state index contributed by atoms with van der Waals surface area (Å²) in [6.07, 6.45) is 5.43. The minimum Gasteiger partial charge on any atom is -0.396 e. The quantitative estimate of drug-likeness (QED) is 0.408. The van der Waals surface area contributed by atoms with Crippen molar-refractivity contribution < 1.29 is 8.95 Å². The van der Waals surface area contributed by atoms with E-state index in [9.17, 15) is 4.21 Å². The van der Waals surface area contributed by atoms with Gasteiger partial charge in [-0.3, -0.25) is 13.6 Å². The molecule has 0 fully saturated rings. The third-order valence-electron chi connectivity index (χ3n) is 5.21. The number of aromatic nitrogens is 6. The van der Waals surface area contributed by atoms with Crippen LogP contribution in [0.25, 0.3) is 43.8 Å². The Kier molecular flexibility index (Phi) is 5.24. The van der Waals surface area contributed by atoms with E-state index >= 15 is 0 Å². The van der Waals surface area contributed by atoms with Gasteiger partial charge in [0.1, 0.15) is 9.04 Å². The van der Waals surface area contributed by atoms with Crippen LogP contribution in [0.4, 0.5) is 5.69 Å². The predicted octanol–water partition coefficient (Wildman–Crippen LogP) is 2.98. The predicted molar refractivity (Wildman–Crippen MR) is 127 cm³/mol. The Morgan fingerprint density at radius 3 is 2.88 bits per heavy atom. The number of fused-ring (bicyclic) bond motifs is 2. The lowest BCUT2D eigenvalue weighted by Gasteiger charge is -2.09. The van der Waals surface area contributed by atoms with Gasteiger partial charge in [0.2, 0.25) is 0 Å². The van der Waals surface area contributed by atoms with Crippen LogP contribution in [0.5, 0.6) is 0 Å². The number of aryl methyl sites for hydroxylation is 2. The highest BCUT2D eigenvalue weighted by atomic mass is 32.2. The molecule has 0 saturated carbocycles. The molecule has 9 nitrogen and oxygen atoms in total. The molecule has 0 radical (unpaired) electrons. The number of anilines is 1. The van der Waals surface area contributed by atoms with Gasteiger partial charge in [-0.2, -0.15) is 10.2 Å². The van der Waals surface area contributed by atoms with Crippen molar-refractivity contribution in [2.45, 2.75) is 4.21 Å². The SMILES string of the molecule is COCC[S@@](=O)c1sc2nc(-c3cnc4nn(C)cc4c3)cc(-c3ccnn3C)c2c1N. The lowest BCUT2D eigenvalue weighted by molar-refractivity contribution is 0.218. The van der Waals surface area contributed by atoms with E-state index in [1.807, 2.05) is 38.5 Å². The van der Waals surface area contributed by atoms with Crippen molar-refractivity contribution in [2.75, 3.05) is 25.2 Å². The molecule has 0 aliphatic rings. The van der Waals surface area contributed by atoms with Gasteiger partial charge in [0.25, 0.3) is 0 Å². The van der Waals surface area contributed by atoms with E-state index in [0.29, 0.717) is 27.9 Å². The maximum atomic E-state index is 12.9. The fraction of sp³-hybridized carbons (Fsp3) is 0.238. The second-order valence-electron chi connectivity index (χ2n) is 7.36. The first kappa shape index (κ1) is 20.7. The van der Waals surface area contributed by atoms with Crippen molar-refractivity contribution in [1.82, 2.24) is 29.5 Å². The van der Waals surface area contributed by atoms with Gasteiger partial charge in [-0.15, -0.1) is 11.3 Å². The summed E-state index contributed by atoms with van der Waals surface area (Å²) in [5.41, 5.74) is 11.1. The van der Waals surface area contributed by atoms with Gasteiger partial charge < -0.3 is 10.5 Å². The third kappa shape index (κ3) is 3.48. The number of ether oxygens (including phenoxy) is 1. The van der Waals surface area contributed by atoms with Crippen molar-refractivity contribution in [1.29, 1.82) is 0 Å². The molecule has 0 bridgehead atoms. The molecule has 5 aromatic rings. The average molecular weight is 468 g/mol. The molecule has 32 heavy (non-hydrogen) atoms. The molecule has 0 aromatic carbocycles. The number of hydrogen-bond donors (Lipinski definition) is 1. The number of nitrogens with two attached hydrogens (primary N) is 1. The molecule has 1 atom stereocenters. The van der Waals surface area contributed by atoms with E-state index in [1.165, 1.54) is 11.3 Å². The molecule has 11 heteroatoms. The molecule has 0 aliphatic heterocycles. The Bertz CT molecular complexity index is 1480. The van der Waals surface area contributed by atoms with E-state index in [0.717, 1.165) is 38.1 Å². The van der Waals surface area contributed by atoms with E-state index in [1.54, 1.807) is 28.9 Å². The molecule has 5 heterocycles. The lowest BCUT2D eigenvalue weighted by Crippen LogP contribution is -2.04. The second-order valence-corrected chi connectivity index (χ2v) is 10.1. The van der Waals surface area contributed by atoms with Gasteiger partial charge in [0.05, 0.1) is 40.2 Å². The molecule has 0 amide bonds. The molecule has 0 spiro atoms. The standard InChI is InChI=1S/C21H21N7O2S2/c1-27-11-13-8-12(10-23-19(13)26-27)15-9-14(16-4-5-24-28(16)2)17-18(22)21(31-20(17)25-15)32(29)7-6-30-3/h4-5,8-11H,6-7,22H2,1-3H3/t32-/m1/s1. The molecule has 5 rings (SSSR count). The van der Waals surface area contributed by atoms with Crippen LogP contribution in [-0.2, 0) is 29.6 Å². The first-order chi connectivity index (χ1) is 15.5. The summed E-state index contributed by atoms with van der Waals surface area (Å²) in [4.78, 5) is 10.1. The van der Waals surface area contributed by atoms with Crippen LogP contribution in [0.15, 0.2) is 41.0 Å². The maximum Gasteiger partial charge on any atom is 0.181 e. The van der Waals surface area contributed by atoms with Crippen molar-refractivity contribution in [2.24, 2.45) is 14.1 Å². The number of pyridine rings is 2. The third-order valence-corrected chi connectivity index (χ3v) is 8.08. The van der Waals surface area contributed by atoms with Crippen molar-refractivity contribution in [3.05, 3.63) is 36.8 Å². The minimum atomic E-state index is -1.27. The molecule has 0 aliphatic carbocycles. The number of hydrogen-bond acceptors (Lipinski definition) is 8. The van der Waals surface area contributed by atoms with Gasteiger partial charge in [-0.1, -0.05) is 0 Å². The largest absolute Gasteiger partial charge is 0.396 e. The lowest BCUT2D eigenvalue weighted by atomic mass is 10.0. The minimum absolute atomic E-state index is 0.378. The molecular formula is C21H21N7O2S2.